The van der Waals surface area contributed by atoms with E-state index in [-0.39, 0.29) is 4.75 Å². The van der Waals surface area contributed by atoms with Gasteiger partial charge in [-0.1, -0.05) is 0 Å². The average molecular weight is 190 g/mol. The Morgan fingerprint density at radius 3 is 2.75 bits per heavy atom. The minimum atomic E-state index is -0.655. The first kappa shape index (κ1) is 10.4. The molecule has 0 spiro atoms. The largest absolute Gasteiger partial charge is 0.616 e. The number of ether oxygens (including phenoxy) is 1. The summed E-state index contributed by atoms with van der Waals surface area (Å²) in [5.74, 6) is 0.803. The van der Waals surface area contributed by atoms with Crippen molar-refractivity contribution in [1.29, 1.82) is 0 Å². The Labute approximate surface area is 77.9 Å². The molecule has 1 saturated heterocycles. The Morgan fingerprint density at radius 2 is 2.25 bits per heavy atom. The van der Waals surface area contributed by atoms with Gasteiger partial charge in [-0.3, -0.25) is 0 Å². The van der Waals surface area contributed by atoms with Gasteiger partial charge in [0.25, 0.3) is 0 Å². The third kappa shape index (κ3) is 2.38. The molecule has 0 aliphatic carbocycles. The molecule has 2 nitrogen and oxygen atoms in total. The van der Waals surface area contributed by atoms with Crippen LogP contribution in [0, 0.1) is 0 Å². The first-order valence-corrected chi connectivity index (χ1v) is 5.88. The van der Waals surface area contributed by atoms with E-state index < -0.39 is 11.2 Å². The van der Waals surface area contributed by atoms with Crippen LogP contribution in [0.3, 0.4) is 0 Å². The Kier molecular flexibility index (Phi) is 3.44. The third-order valence-corrected chi connectivity index (χ3v) is 4.37. The van der Waals surface area contributed by atoms with Crippen molar-refractivity contribution in [2.75, 3.05) is 12.4 Å². The summed E-state index contributed by atoms with van der Waals surface area (Å²) in [4.78, 5) is 0. The van der Waals surface area contributed by atoms with Crippen molar-refractivity contribution in [3.8, 4) is 0 Å². The van der Waals surface area contributed by atoms with Crippen LogP contribution in [0.15, 0.2) is 0 Å². The molecule has 2 atom stereocenters. The summed E-state index contributed by atoms with van der Waals surface area (Å²) >= 11 is -0.655. The highest BCUT2D eigenvalue weighted by atomic mass is 32.2. The van der Waals surface area contributed by atoms with E-state index in [1.165, 1.54) is 0 Å². The molecule has 0 radical (unpaired) electrons. The Bertz CT molecular complexity index is 147. The lowest BCUT2D eigenvalue weighted by Crippen LogP contribution is -2.43. The Morgan fingerprint density at radius 1 is 1.58 bits per heavy atom. The summed E-state index contributed by atoms with van der Waals surface area (Å²) in [5.41, 5.74) is 0. The van der Waals surface area contributed by atoms with Crippen LogP contribution < -0.4 is 0 Å². The minimum Gasteiger partial charge on any atom is -0.616 e. The zero-order valence-electron chi connectivity index (χ0n) is 8.13. The van der Waals surface area contributed by atoms with Crippen molar-refractivity contribution in [3.63, 3.8) is 0 Å². The molecule has 0 N–H and O–H groups in total. The van der Waals surface area contributed by atoms with Crippen LogP contribution >= 0.6 is 0 Å². The van der Waals surface area contributed by atoms with E-state index in [2.05, 4.69) is 13.8 Å². The molecule has 1 heterocycles. The van der Waals surface area contributed by atoms with Gasteiger partial charge in [0.1, 0.15) is 10.5 Å². The van der Waals surface area contributed by atoms with E-state index in [0.717, 1.165) is 25.2 Å². The van der Waals surface area contributed by atoms with Gasteiger partial charge in [-0.2, -0.15) is 0 Å². The van der Waals surface area contributed by atoms with E-state index in [4.69, 9.17) is 4.74 Å². The summed E-state index contributed by atoms with van der Waals surface area (Å²) in [5, 5.41) is 0. The standard InChI is InChI=1S/C9H18O2S/c1-4-11-8-5-6-12(10)9(2,3)7-8/h8H,4-7H2,1-3H3. The molecule has 0 aromatic rings. The van der Waals surface area contributed by atoms with Gasteiger partial charge in [-0.25, -0.2) is 0 Å². The molecule has 0 bridgehead atoms. The van der Waals surface area contributed by atoms with Gasteiger partial charge in [-0.05, 0) is 31.9 Å². The lowest BCUT2D eigenvalue weighted by molar-refractivity contribution is 0.0446. The summed E-state index contributed by atoms with van der Waals surface area (Å²) in [7, 11) is 0. The molecule has 12 heavy (non-hydrogen) atoms. The van der Waals surface area contributed by atoms with Crippen LogP contribution in [0.25, 0.3) is 0 Å². The van der Waals surface area contributed by atoms with Gasteiger partial charge in [0.15, 0.2) is 0 Å². The predicted octanol–water partition coefficient (Wildman–Crippen LogP) is 1.71. The van der Waals surface area contributed by atoms with E-state index in [1.54, 1.807) is 0 Å². The summed E-state index contributed by atoms with van der Waals surface area (Å²) in [6.07, 6.45) is 2.24. The van der Waals surface area contributed by atoms with Crippen LogP contribution in [-0.4, -0.2) is 27.8 Å². The second kappa shape index (κ2) is 3.99. The topological polar surface area (TPSA) is 32.3 Å². The van der Waals surface area contributed by atoms with Crippen LogP contribution in [-0.2, 0) is 15.9 Å². The summed E-state index contributed by atoms with van der Waals surface area (Å²) < 4.78 is 17.0. The quantitative estimate of drug-likeness (QED) is 0.621. The lowest BCUT2D eigenvalue weighted by atomic mass is 10.0. The molecule has 1 rings (SSSR count). The fourth-order valence-corrected chi connectivity index (χ4v) is 3.04. The van der Waals surface area contributed by atoms with Crippen molar-refractivity contribution in [3.05, 3.63) is 0 Å². The van der Waals surface area contributed by atoms with Gasteiger partial charge in [-0.15, -0.1) is 0 Å². The SMILES string of the molecule is CCOC1CC[S+]([O-])C(C)(C)C1. The van der Waals surface area contributed by atoms with Crippen LogP contribution in [0.2, 0.25) is 0 Å². The Balaban J connectivity index is 2.45. The molecule has 2 unspecified atom stereocenters. The average Bonchev–Trinajstić information content (AvgIpc) is 1.97. The molecule has 72 valence electrons. The molecule has 1 aliphatic heterocycles. The second-order valence-corrected chi connectivity index (χ2v) is 6.08. The highest BCUT2D eigenvalue weighted by molar-refractivity contribution is 7.92. The smallest absolute Gasteiger partial charge is 0.122 e. The monoisotopic (exact) mass is 190 g/mol. The molecule has 3 heteroatoms. The molecule has 0 aromatic carbocycles. The lowest BCUT2D eigenvalue weighted by Gasteiger charge is -2.36. The Hall–Kier alpha value is 0.270. The fraction of sp³-hybridized carbons (Fsp3) is 1.00. The summed E-state index contributed by atoms with van der Waals surface area (Å²) in [6, 6.07) is 0. The second-order valence-electron chi connectivity index (χ2n) is 3.88. The van der Waals surface area contributed by atoms with Crippen molar-refractivity contribution in [2.45, 2.75) is 44.5 Å². The highest BCUT2D eigenvalue weighted by Gasteiger charge is 2.39. The van der Waals surface area contributed by atoms with Crippen molar-refractivity contribution < 1.29 is 9.29 Å². The molecule has 1 fully saturated rings. The maximum atomic E-state index is 11.5. The van der Waals surface area contributed by atoms with Gasteiger partial charge in [0.2, 0.25) is 0 Å². The van der Waals surface area contributed by atoms with Crippen molar-refractivity contribution >= 4 is 11.2 Å². The van der Waals surface area contributed by atoms with Gasteiger partial charge in [0, 0.05) is 19.4 Å². The van der Waals surface area contributed by atoms with E-state index in [1.807, 2.05) is 6.92 Å². The van der Waals surface area contributed by atoms with E-state index >= 15 is 0 Å². The maximum Gasteiger partial charge on any atom is 0.122 e. The van der Waals surface area contributed by atoms with E-state index in [9.17, 15) is 4.55 Å². The normalized spacial score (nSPS) is 35.0. The van der Waals surface area contributed by atoms with Gasteiger partial charge >= 0.3 is 0 Å². The van der Waals surface area contributed by atoms with Crippen LogP contribution in [0.4, 0.5) is 0 Å². The minimum absolute atomic E-state index is 0.0436. The van der Waals surface area contributed by atoms with Gasteiger partial charge < -0.3 is 9.29 Å². The maximum absolute atomic E-state index is 11.5. The molecular weight excluding hydrogens is 172 g/mol. The number of hydrogen-bond donors (Lipinski definition) is 0. The molecule has 0 saturated carbocycles. The third-order valence-electron chi connectivity index (χ3n) is 2.36. The molecule has 1 aliphatic rings. The van der Waals surface area contributed by atoms with E-state index in [0.29, 0.717) is 6.10 Å². The molecule has 0 aromatic heterocycles. The van der Waals surface area contributed by atoms with Gasteiger partial charge in [0.05, 0.1) is 6.10 Å². The first-order valence-electron chi connectivity index (χ1n) is 4.56. The summed E-state index contributed by atoms with van der Waals surface area (Å²) in [6.45, 7) is 6.91. The van der Waals surface area contributed by atoms with Crippen molar-refractivity contribution in [1.82, 2.24) is 0 Å². The zero-order valence-corrected chi connectivity index (χ0v) is 8.95. The fourth-order valence-electron chi connectivity index (χ4n) is 1.64. The molecule has 0 amide bonds. The zero-order chi connectivity index (χ0) is 9.19. The number of rotatable bonds is 2. The highest BCUT2D eigenvalue weighted by Crippen LogP contribution is 2.31. The first-order chi connectivity index (χ1) is 5.56. The van der Waals surface area contributed by atoms with Crippen LogP contribution in [0.5, 0.6) is 0 Å². The van der Waals surface area contributed by atoms with Crippen LogP contribution in [0.1, 0.15) is 33.6 Å². The predicted molar refractivity (Wildman–Crippen MR) is 51.7 cm³/mol. The molecular formula is C9H18O2S. The number of hydrogen-bond acceptors (Lipinski definition) is 2. The van der Waals surface area contributed by atoms with Crippen molar-refractivity contribution in [2.24, 2.45) is 0 Å².